The maximum Gasteiger partial charge on any atom is 0.247 e. The zero-order valence-corrected chi connectivity index (χ0v) is 20.1. The van der Waals surface area contributed by atoms with Crippen LogP contribution in [0, 0.1) is 5.82 Å². The molecule has 186 valence electrons. The Labute approximate surface area is 197 Å². The number of hydrogen-bond acceptors (Lipinski definition) is 6. The van der Waals surface area contributed by atoms with Gasteiger partial charge in [0.15, 0.2) is 0 Å². The summed E-state index contributed by atoms with van der Waals surface area (Å²) in [6.07, 6.45) is 3.33. The molecule has 2 aliphatic heterocycles. The standard InChI is InChI=1S/C22H30FN5O5S/c1-12(24-2)21(30)26-18(11-29)22(31)27-7-6-19-20(27)16(10-28(19)34(3,32)33)15-9-25-17-8-13(23)4-5-14(15)17/h4-5,8-9,12,16,18-20,24-25,29H,6-7,10-11H2,1-3H3,(H,26,30)/t12-,16+,18-,19+,20+/m0/s1. The quantitative estimate of drug-likeness (QED) is 0.417. The number of halogens is 1. The Morgan fingerprint density at radius 2 is 2.09 bits per heavy atom. The molecule has 12 heteroatoms. The van der Waals surface area contributed by atoms with Crippen molar-refractivity contribution in [2.75, 3.05) is 33.0 Å². The second-order valence-corrected chi connectivity index (χ2v) is 10.9. The van der Waals surface area contributed by atoms with Gasteiger partial charge in [-0.2, -0.15) is 4.31 Å². The van der Waals surface area contributed by atoms with Crippen molar-refractivity contribution in [1.82, 2.24) is 24.8 Å². The van der Waals surface area contributed by atoms with E-state index in [1.54, 1.807) is 31.1 Å². The van der Waals surface area contributed by atoms with Crippen molar-refractivity contribution < 1.29 is 27.5 Å². The fourth-order valence-electron chi connectivity index (χ4n) is 5.20. The number of nitrogens with one attached hydrogen (secondary N) is 3. The van der Waals surface area contributed by atoms with Gasteiger partial charge in [-0.3, -0.25) is 9.59 Å². The molecule has 2 aliphatic rings. The number of carbonyl (C=O) groups excluding carboxylic acids is 2. The molecule has 2 saturated heterocycles. The molecular formula is C22H30FN5O5S. The lowest BCUT2D eigenvalue weighted by Crippen LogP contribution is -2.56. The number of likely N-dealkylation sites (tertiary alicyclic amines) is 1. The number of H-pyrrole nitrogens is 1. The van der Waals surface area contributed by atoms with Crippen LogP contribution >= 0.6 is 0 Å². The Hall–Kier alpha value is -2.54. The van der Waals surface area contributed by atoms with Gasteiger partial charge in [0.2, 0.25) is 21.8 Å². The third kappa shape index (κ3) is 4.30. The van der Waals surface area contributed by atoms with E-state index in [0.717, 1.165) is 17.2 Å². The van der Waals surface area contributed by atoms with E-state index in [-0.39, 0.29) is 12.5 Å². The molecule has 0 spiro atoms. The van der Waals surface area contributed by atoms with Gasteiger partial charge in [0, 0.05) is 42.1 Å². The van der Waals surface area contributed by atoms with Gasteiger partial charge in [-0.25, -0.2) is 12.8 Å². The first kappa shape index (κ1) is 24.6. The molecule has 2 amide bonds. The van der Waals surface area contributed by atoms with Crippen molar-refractivity contribution in [3.8, 4) is 0 Å². The minimum Gasteiger partial charge on any atom is -0.394 e. The van der Waals surface area contributed by atoms with E-state index in [9.17, 15) is 27.5 Å². The second-order valence-electron chi connectivity index (χ2n) is 9.01. The molecule has 34 heavy (non-hydrogen) atoms. The first-order valence-corrected chi connectivity index (χ1v) is 13.0. The highest BCUT2D eigenvalue weighted by Gasteiger charge is 2.54. The molecule has 0 aliphatic carbocycles. The summed E-state index contributed by atoms with van der Waals surface area (Å²) in [5, 5.41) is 16.0. The number of aromatic nitrogens is 1. The predicted octanol–water partition coefficient (Wildman–Crippen LogP) is -0.280. The number of hydrogen-bond donors (Lipinski definition) is 4. The van der Waals surface area contributed by atoms with E-state index in [0.29, 0.717) is 18.5 Å². The van der Waals surface area contributed by atoms with Crippen molar-refractivity contribution in [3.05, 3.63) is 35.8 Å². The number of rotatable bonds is 7. The summed E-state index contributed by atoms with van der Waals surface area (Å²) in [6.45, 7) is 1.52. The van der Waals surface area contributed by atoms with Gasteiger partial charge < -0.3 is 25.6 Å². The lowest BCUT2D eigenvalue weighted by molar-refractivity contribution is -0.138. The Morgan fingerprint density at radius 3 is 2.74 bits per heavy atom. The molecule has 3 heterocycles. The van der Waals surface area contributed by atoms with E-state index in [1.165, 1.54) is 16.4 Å². The molecule has 2 fully saturated rings. The summed E-state index contributed by atoms with van der Waals surface area (Å²) in [4.78, 5) is 30.4. The fourth-order valence-corrected chi connectivity index (χ4v) is 6.35. The maximum absolute atomic E-state index is 13.7. The smallest absolute Gasteiger partial charge is 0.247 e. The number of amides is 2. The number of fused-ring (bicyclic) bond motifs is 2. The minimum atomic E-state index is -3.55. The Morgan fingerprint density at radius 1 is 1.35 bits per heavy atom. The highest BCUT2D eigenvalue weighted by molar-refractivity contribution is 7.88. The highest BCUT2D eigenvalue weighted by Crippen LogP contribution is 2.44. The SMILES string of the molecule is CN[C@@H](C)C(=O)N[C@@H](CO)C(=O)N1CC[C@@H]2[C@H]1[C@@H](c1c[nH]c3cc(F)ccc13)CN2S(C)(=O)=O. The number of sulfonamides is 1. The van der Waals surface area contributed by atoms with Gasteiger partial charge in [0.05, 0.1) is 24.9 Å². The average Bonchev–Trinajstić information content (AvgIpc) is 3.49. The van der Waals surface area contributed by atoms with Crippen molar-refractivity contribution in [1.29, 1.82) is 0 Å². The third-order valence-corrected chi connectivity index (χ3v) is 8.26. The zero-order chi connectivity index (χ0) is 24.8. The van der Waals surface area contributed by atoms with E-state index in [2.05, 4.69) is 15.6 Å². The van der Waals surface area contributed by atoms with Crippen LogP contribution in [0.5, 0.6) is 0 Å². The minimum absolute atomic E-state index is 0.176. The molecule has 1 aromatic carbocycles. The normalized spacial score (nSPS) is 24.9. The van der Waals surface area contributed by atoms with Crippen LogP contribution in [0.3, 0.4) is 0 Å². The van der Waals surface area contributed by atoms with Crippen LogP contribution in [0.2, 0.25) is 0 Å². The van der Waals surface area contributed by atoms with E-state index in [4.69, 9.17) is 0 Å². The lowest BCUT2D eigenvalue weighted by atomic mass is 9.91. The van der Waals surface area contributed by atoms with Gasteiger partial charge in [0.1, 0.15) is 11.9 Å². The molecule has 4 N–H and O–H groups in total. The molecular weight excluding hydrogens is 465 g/mol. The van der Waals surface area contributed by atoms with Crippen LogP contribution in [0.4, 0.5) is 4.39 Å². The number of benzene rings is 1. The van der Waals surface area contributed by atoms with Gasteiger partial charge in [-0.1, -0.05) is 0 Å². The van der Waals surface area contributed by atoms with Crippen LogP contribution in [-0.2, 0) is 19.6 Å². The number of carbonyl (C=O) groups is 2. The largest absolute Gasteiger partial charge is 0.394 e. The van der Waals surface area contributed by atoms with E-state index >= 15 is 0 Å². The Bertz CT molecular complexity index is 1200. The average molecular weight is 496 g/mol. The number of aliphatic hydroxyl groups is 1. The molecule has 0 unspecified atom stereocenters. The first-order valence-electron chi connectivity index (χ1n) is 11.2. The summed E-state index contributed by atoms with van der Waals surface area (Å²) in [5.41, 5.74) is 1.38. The van der Waals surface area contributed by atoms with Gasteiger partial charge in [0.25, 0.3) is 0 Å². The van der Waals surface area contributed by atoms with Crippen LogP contribution in [0.1, 0.15) is 24.8 Å². The van der Waals surface area contributed by atoms with Crippen molar-refractivity contribution >= 4 is 32.7 Å². The molecule has 0 bridgehead atoms. The highest BCUT2D eigenvalue weighted by atomic mass is 32.2. The molecule has 0 saturated carbocycles. The van der Waals surface area contributed by atoms with Crippen molar-refractivity contribution in [3.63, 3.8) is 0 Å². The number of nitrogens with zero attached hydrogens (tertiary/aromatic N) is 2. The summed E-state index contributed by atoms with van der Waals surface area (Å²) < 4.78 is 40.3. The van der Waals surface area contributed by atoms with Crippen molar-refractivity contribution in [2.45, 2.75) is 43.4 Å². The van der Waals surface area contributed by atoms with Crippen LogP contribution in [-0.4, -0.2) is 96.7 Å². The van der Waals surface area contributed by atoms with Gasteiger partial charge in [-0.15, -0.1) is 0 Å². The van der Waals surface area contributed by atoms with E-state index in [1.807, 2.05) is 0 Å². The summed E-state index contributed by atoms with van der Waals surface area (Å²) in [7, 11) is -1.94. The molecule has 1 aromatic heterocycles. The number of likely N-dealkylation sites (N-methyl/N-ethyl adjacent to an activating group) is 1. The molecule has 2 aromatic rings. The Balaban J connectivity index is 1.69. The molecule has 10 nitrogen and oxygen atoms in total. The predicted molar refractivity (Wildman–Crippen MR) is 124 cm³/mol. The lowest BCUT2D eigenvalue weighted by Gasteiger charge is -2.31. The van der Waals surface area contributed by atoms with E-state index < -0.39 is 58.4 Å². The van der Waals surface area contributed by atoms with Crippen molar-refractivity contribution in [2.24, 2.45) is 0 Å². The maximum atomic E-state index is 13.7. The van der Waals surface area contributed by atoms with Crippen LogP contribution < -0.4 is 10.6 Å². The topological polar surface area (TPSA) is 135 Å². The number of aliphatic hydroxyl groups excluding tert-OH is 1. The molecule has 0 radical (unpaired) electrons. The number of aromatic amines is 1. The van der Waals surface area contributed by atoms with Gasteiger partial charge >= 0.3 is 0 Å². The molecule has 5 atom stereocenters. The third-order valence-electron chi connectivity index (χ3n) is 6.99. The second kappa shape index (κ2) is 9.25. The molecule has 4 rings (SSSR count). The summed E-state index contributed by atoms with van der Waals surface area (Å²) in [6, 6.07) is 1.74. The zero-order valence-electron chi connectivity index (χ0n) is 19.3. The van der Waals surface area contributed by atoms with Gasteiger partial charge in [-0.05, 0) is 44.2 Å². The van der Waals surface area contributed by atoms with Crippen LogP contribution in [0.15, 0.2) is 24.4 Å². The summed E-state index contributed by atoms with van der Waals surface area (Å²) in [5.74, 6) is -1.64. The Kier molecular flexibility index (Phi) is 6.69. The first-order chi connectivity index (χ1) is 16.1. The van der Waals surface area contributed by atoms with Crippen LogP contribution in [0.25, 0.3) is 10.9 Å². The monoisotopic (exact) mass is 495 g/mol. The fraction of sp³-hybridized carbons (Fsp3) is 0.545. The summed E-state index contributed by atoms with van der Waals surface area (Å²) >= 11 is 0.